The number of primary amides is 1. The third kappa shape index (κ3) is 4.86. The summed E-state index contributed by atoms with van der Waals surface area (Å²) in [5.41, 5.74) is 6.67. The van der Waals surface area contributed by atoms with Crippen LogP contribution in [0.1, 0.15) is 28.8 Å². The lowest BCUT2D eigenvalue weighted by molar-refractivity contribution is -0.137. The number of alkyl halides is 3. The second-order valence-electron chi connectivity index (χ2n) is 9.80. The van der Waals surface area contributed by atoms with E-state index in [4.69, 9.17) is 10.5 Å². The van der Waals surface area contributed by atoms with Crippen molar-refractivity contribution >= 4 is 22.5 Å². The quantitative estimate of drug-likeness (QED) is 0.265. The molecule has 0 bridgehead atoms. The molecule has 0 spiro atoms. The highest BCUT2D eigenvalue weighted by Crippen LogP contribution is 2.42. The van der Waals surface area contributed by atoms with Gasteiger partial charge in [-0.25, -0.2) is 15.0 Å². The Morgan fingerprint density at radius 2 is 1.90 bits per heavy atom. The predicted octanol–water partition coefficient (Wildman–Crippen LogP) is 6.03. The molecule has 2 aromatic carbocycles. The zero-order valence-corrected chi connectivity index (χ0v) is 21.7. The average Bonchev–Trinajstić information content (AvgIpc) is 3.62. The number of nitrogens with two attached hydrogens (primary N) is 1. The van der Waals surface area contributed by atoms with Crippen molar-refractivity contribution in [2.75, 3.05) is 0 Å². The molecule has 1 aliphatic rings. The van der Waals surface area contributed by atoms with Gasteiger partial charge in [0.15, 0.2) is 0 Å². The van der Waals surface area contributed by atoms with E-state index in [9.17, 15) is 18.0 Å². The monoisotopic (exact) mass is 556 g/mol. The van der Waals surface area contributed by atoms with Crippen LogP contribution >= 0.6 is 0 Å². The van der Waals surface area contributed by atoms with E-state index < -0.39 is 23.1 Å². The van der Waals surface area contributed by atoms with Gasteiger partial charge < -0.3 is 20.0 Å². The molecular weight excluding hydrogens is 533 g/mol. The minimum atomic E-state index is -4.64. The number of rotatable bonds is 6. The molecule has 0 saturated carbocycles. The van der Waals surface area contributed by atoms with Crippen molar-refractivity contribution in [3.63, 3.8) is 0 Å². The molecule has 1 aliphatic carbocycles. The number of carbonyl (C=O) groups excluding carboxylic acids is 1. The normalized spacial score (nSPS) is 17.0. The largest absolute Gasteiger partial charge is 0.438 e. The van der Waals surface area contributed by atoms with E-state index in [2.05, 4.69) is 19.9 Å². The van der Waals surface area contributed by atoms with E-state index in [1.807, 2.05) is 24.3 Å². The molecule has 11 heteroatoms. The molecule has 6 rings (SSSR count). The predicted molar refractivity (Wildman–Crippen MR) is 146 cm³/mol. The van der Waals surface area contributed by atoms with Crippen LogP contribution in [-0.2, 0) is 16.4 Å². The number of nitrogens with zero attached hydrogens (tertiary/aromatic N) is 4. The fourth-order valence-corrected chi connectivity index (χ4v) is 4.98. The highest BCUT2D eigenvalue weighted by Gasteiger charge is 2.41. The Morgan fingerprint density at radius 3 is 2.61 bits per heavy atom. The summed E-state index contributed by atoms with van der Waals surface area (Å²) in [6.45, 7) is 1.74. The van der Waals surface area contributed by atoms with Crippen LogP contribution in [0.25, 0.3) is 22.3 Å². The van der Waals surface area contributed by atoms with Crippen LogP contribution in [-0.4, -0.2) is 30.4 Å². The van der Waals surface area contributed by atoms with Gasteiger partial charge in [-0.2, -0.15) is 13.2 Å². The fourth-order valence-electron chi connectivity index (χ4n) is 4.98. The maximum Gasteiger partial charge on any atom is 0.416 e. The third-order valence-electron chi connectivity index (χ3n) is 7.11. The van der Waals surface area contributed by atoms with Gasteiger partial charge in [-0.05, 0) is 66.4 Å². The Balaban J connectivity index is 1.34. The van der Waals surface area contributed by atoms with Gasteiger partial charge in [0.1, 0.15) is 17.7 Å². The highest BCUT2D eigenvalue weighted by molar-refractivity contribution is 5.93. The number of nitrogens with one attached hydrogen (secondary N) is 1. The number of halogens is 3. The molecule has 3 heterocycles. The van der Waals surface area contributed by atoms with Gasteiger partial charge in [-0.15, -0.1) is 0 Å². The van der Waals surface area contributed by atoms with E-state index in [0.717, 1.165) is 28.7 Å². The lowest BCUT2D eigenvalue weighted by atomic mass is 9.71. The van der Waals surface area contributed by atoms with Gasteiger partial charge in [0, 0.05) is 18.1 Å². The van der Waals surface area contributed by atoms with Gasteiger partial charge in [-0.3, -0.25) is 4.79 Å². The Bertz CT molecular complexity index is 1840. The Kier molecular flexibility index (Phi) is 6.21. The number of imidazole rings is 1. The molecule has 0 radical (unpaired) electrons. The van der Waals surface area contributed by atoms with E-state index in [0.29, 0.717) is 23.0 Å². The van der Waals surface area contributed by atoms with Crippen molar-refractivity contribution in [3.8, 4) is 17.3 Å². The molecule has 3 aromatic heterocycles. The van der Waals surface area contributed by atoms with E-state index in [1.165, 1.54) is 17.2 Å². The van der Waals surface area contributed by atoms with Gasteiger partial charge in [0.05, 0.1) is 28.4 Å². The van der Waals surface area contributed by atoms with Crippen molar-refractivity contribution in [1.29, 1.82) is 0 Å². The number of aryl methyl sites for hydroxylation is 1. The van der Waals surface area contributed by atoms with Crippen LogP contribution in [0.4, 0.5) is 13.2 Å². The van der Waals surface area contributed by atoms with Gasteiger partial charge in [-0.1, -0.05) is 30.4 Å². The number of H-pyrrole nitrogens is 1. The molecular formula is C30H23F3N6O2. The zero-order chi connectivity index (χ0) is 28.8. The number of carbonyl (C=O) groups is 1. The number of fused-ring (bicyclic) bond motifs is 1. The number of amides is 1. The first-order valence-electron chi connectivity index (χ1n) is 12.6. The molecule has 1 amide bonds. The molecule has 0 fully saturated rings. The van der Waals surface area contributed by atoms with Crippen LogP contribution < -0.4 is 10.5 Å². The van der Waals surface area contributed by atoms with Crippen molar-refractivity contribution in [3.05, 3.63) is 114 Å². The van der Waals surface area contributed by atoms with Crippen molar-refractivity contribution in [1.82, 2.24) is 24.5 Å². The fraction of sp³-hybridized carbons (Fsp3) is 0.133. The second kappa shape index (κ2) is 9.77. The molecule has 41 heavy (non-hydrogen) atoms. The van der Waals surface area contributed by atoms with Crippen molar-refractivity contribution in [2.24, 2.45) is 5.73 Å². The first-order valence-corrected chi connectivity index (χ1v) is 12.6. The molecule has 1 unspecified atom stereocenters. The lowest BCUT2D eigenvalue weighted by Crippen LogP contribution is -2.41. The second-order valence-corrected chi connectivity index (χ2v) is 9.80. The standard InChI is InChI=1S/C30H23F3N6O2/c1-18-15-39(17-38-18)23-12-21(11-22(13-23)30(31,32)33)29(28(34)40)9-2-3-20(14-29)19-4-6-24(7-5-19)41-27-25-8-10-35-26(25)36-16-37-27/h2-13,15-17H,14H2,1H3,(H2,34,40)(H,35,36,37). The average molecular weight is 557 g/mol. The maximum absolute atomic E-state index is 14.0. The van der Waals surface area contributed by atoms with Crippen LogP contribution in [0.15, 0.2) is 91.8 Å². The van der Waals surface area contributed by atoms with Crippen LogP contribution in [0.3, 0.4) is 0 Å². The molecule has 206 valence electrons. The first-order chi connectivity index (χ1) is 19.6. The lowest BCUT2D eigenvalue weighted by Gasteiger charge is -2.32. The number of aromatic nitrogens is 5. The summed E-state index contributed by atoms with van der Waals surface area (Å²) < 4.78 is 49.4. The summed E-state index contributed by atoms with van der Waals surface area (Å²) in [6, 6.07) is 12.5. The Labute approximate surface area is 232 Å². The number of benzene rings is 2. The van der Waals surface area contributed by atoms with E-state index in [-0.39, 0.29) is 17.7 Å². The molecule has 0 aliphatic heterocycles. The topological polar surface area (TPSA) is 112 Å². The first kappa shape index (κ1) is 26.1. The van der Waals surface area contributed by atoms with Crippen LogP contribution in [0, 0.1) is 6.92 Å². The summed E-state index contributed by atoms with van der Waals surface area (Å²) in [7, 11) is 0. The zero-order valence-electron chi connectivity index (χ0n) is 21.7. The number of aromatic amines is 1. The highest BCUT2D eigenvalue weighted by atomic mass is 19.4. The summed E-state index contributed by atoms with van der Waals surface area (Å²) in [6.07, 6.45) is 6.65. The SMILES string of the molecule is Cc1cn(-c2cc(C(F)(F)F)cc(C3(C(N)=O)C=CC=C(c4ccc(Oc5ncnc6[nH]ccc56)cc4)C3)c2)cn1. The molecule has 8 nitrogen and oxygen atoms in total. The maximum atomic E-state index is 14.0. The summed E-state index contributed by atoms with van der Waals surface area (Å²) >= 11 is 0. The summed E-state index contributed by atoms with van der Waals surface area (Å²) in [4.78, 5) is 28.5. The minimum absolute atomic E-state index is 0.0681. The number of hydrogen-bond donors (Lipinski definition) is 2. The number of ether oxygens (including phenoxy) is 1. The molecule has 5 aromatic rings. The van der Waals surface area contributed by atoms with Crippen LogP contribution in [0.2, 0.25) is 0 Å². The number of hydrogen-bond acceptors (Lipinski definition) is 5. The van der Waals surface area contributed by atoms with E-state index in [1.54, 1.807) is 49.7 Å². The smallest absolute Gasteiger partial charge is 0.416 e. The minimum Gasteiger partial charge on any atom is -0.438 e. The Morgan fingerprint density at radius 1 is 1.10 bits per heavy atom. The van der Waals surface area contributed by atoms with E-state index >= 15 is 0 Å². The van der Waals surface area contributed by atoms with Gasteiger partial charge in [0.25, 0.3) is 0 Å². The van der Waals surface area contributed by atoms with Gasteiger partial charge >= 0.3 is 6.18 Å². The summed E-state index contributed by atoms with van der Waals surface area (Å²) in [5, 5.41) is 0.731. The van der Waals surface area contributed by atoms with Crippen molar-refractivity contribution in [2.45, 2.75) is 24.9 Å². The molecule has 1 atom stereocenters. The number of allylic oxidation sites excluding steroid dienone is 3. The van der Waals surface area contributed by atoms with Gasteiger partial charge in [0.2, 0.25) is 11.8 Å². The third-order valence-corrected chi connectivity index (χ3v) is 7.11. The Hall–Kier alpha value is -5.19. The molecule has 0 saturated heterocycles. The van der Waals surface area contributed by atoms with Crippen molar-refractivity contribution < 1.29 is 22.7 Å². The summed E-state index contributed by atoms with van der Waals surface area (Å²) in [5.74, 6) is 0.164. The molecule has 3 N–H and O–H groups in total. The van der Waals surface area contributed by atoms with Crippen LogP contribution in [0.5, 0.6) is 11.6 Å².